The van der Waals surface area contributed by atoms with Gasteiger partial charge in [-0.15, -0.1) is 11.3 Å². The number of rotatable bonds is 8. The number of amides is 3. The van der Waals surface area contributed by atoms with Crippen molar-refractivity contribution >= 4 is 50.0 Å². The molecule has 3 saturated carbocycles. The molecule has 272 valence electrons. The van der Waals surface area contributed by atoms with E-state index in [0.29, 0.717) is 52.8 Å². The molecular formula is C36H44N6O7S2. The number of ether oxygens (including phenoxy) is 2. The largest absolute Gasteiger partial charge is 0.497 e. The predicted octanol–water partition coefficient (Wildman–Crippen LogP) is 4.34. The van der Waals surface area contributed by atoms with Crippen molar-refractivity contribution in [2.75, 3.05) is 20.7 Å². The van der Waals surface area contributed by atoms with Crippen LogP contribution in [0.15, 0.2) is 35.7 Å². The Morgan fingerprint density at radius 3 is 2.63 bits per heavy atom. The molecule has 5 unspecified atom stereocenters. The number of carbonyl (C=O) groups excluding carboxylic acids is 3. The van der Waals surface area contributed by atoms with Gasteiger partial charge in [0.05, 0.1) is 40.8 Å². The van der Waals surface area contributed by atoms with Gasteiger partial charge in [0.25, 0.3) is 5.91 Å². The molecule has 13 nitrogen and oxygen atoms in total. The molecule has 15 heteroatoms. The van der Waals surface area contributed by atoms with Gasteiger partial charge < -0.3 is 19.7 Å². The minimum atomic E-state index is -3.83. The van der Waals surface area contributed by atoms with E-state index in [-0.39, 0.29) is 37.0 Å². The number of hydrogen-bond donors (Lipinski definition) is 2. The van der Waals surface area contributed by atoms with Crippen LogP contribution in [0, 0.1) is 17.8 Å². The lowest BCUT2D eigenvalue weighted by atomic mass is 9.93. The third kappa shape index (κ3) is 7.19. The zero-order chi connectivity index (χ0) is 36.1. The van der Waals surface area contributed by atoms with Gasteiger partial charge in [0, 0.05) is 31.0 Å². The molecule has 0 radical (unpaired) electrons. The first kappa shape index (κ1) is 35.3. The molecule has 51 heavy (non-hydrogen) atoms. The Morgan fingerprint density at radius 1 is 1.12 bits per heavy atom. The van der Waals surface area contributed by atoms with E-state index >= 15 is 0 Å². The van der Waals surface area contributed by atoms with Gasteiger partial charge in [-0.3, -0.25) is 19.1 Å². The second-order valence-electron chi connectivity index (χ2n) is 14.5. The number of sulfonamides is 1. The fraction of sp³-hybridized carbons (Fsp3) is 0.556. The summed E-state index contributed by atoms with van der Waals surface area (Å²) < 4.78 is 39.8. The summed E-state index contributed by atoms with van der Waals surface area (Å²) in [5.74, 6) is -1.70. The molecule has 1 aliphatic heterocycles. The molecule has 0 bridgehead atoms. The molecule has 2 N–H and O–H groups in total. The first-order valence-corrected chi connectivity index (χ1v) is 20.1. The molecule has 0 spiro atoms. The second-order valence-corrected chi connectivity index (χ2v) is 17.3. The standard InChI is InChI=1S/C36H44N6O7S2/c1-20(2)29-19-50-33(38-29)30-37-28-17-22(48-4)10-13-25(28)32(39-30)49-23-15-26-27(16-23)34(44)42(3)14-8-6-5-7-9-21-18-36(21,40-31(26)43)35(45)41-51(46,47)24-11-12-24/h7,9-10,13,17,19-21,23-24,26-27H,5-6,8,11-12,14-16,18H2,1-4H3,(H,40,43)(H,41,45)/b9-7-. The number of nitrogens with one attached hydrogen (secondary N) is 2. The van der Waals surface area contributed by atoms with E-state index < -0.39 is 50.6 Å². The van der Waals surface area contributed by atoms with Crippen LogP contribution >= 0.6 is 11.3 Å². The highest BCUT2D eigenvalue weighted by atomic mass is 32.2. The maximum Gasteiger partial charge on any atom is 0.259 e. The van der Waals surface area contributed by atoms with Gasteiger partial charge in [-0.2, -0.15) is 4.98 Å². The quantitative estimate of drug-likeness (QED) is 0.317. The first-order chi connectivity index (χ1) is 24.4. The van der Waals surface area contributed by atoms with Crippen LogP contribution < -0.4 is 19.5 Å². The third-order valence-electron chi connectivity index (χ3n) is 10.4. The van der Waals surface area contributed by atoms with E-state index in [1.54, 1.807) is 31.2 Å². The van der Waals surface area contributed by atoms with Gasteiger partial charge in [-0.05, 0) is 69.4 Å². The van der Waals surface area contributed by atoms with E-state index in [0.717, 1.165) is 25.0 Å². The fourth-order valence-corrected chi connectivity index (χ4v) is 9.37. The highest BCUT2D eigenvalue weighted by molar-refractivity contribution is 7.91. The average molecular weight is 737 g/mol. The lowest BCUT2D eigenvalue weighted by Gasteiger charge is -2.26. The summed E-state index contributed by atoms with van der Waals surface area (Å²) in [6.45, 7) is 4.68. The summed E-state index contributed by atoms with van der Waals surface area (Å²) in [5.41, 5.74) is 0.127. The molecule has 3 fully saturated rings. The Bertz CT molecular complexity index is 1990. The number of thiazole rings is 1. The molecule has 4 aliphatic rings. The smallest absolute Gasteiger partial charge is 0.259 e. The summed E-state index contributed by atoms with van der Waals surface area (Å²) in [6, 6.07) is 5.42. The lowest BCUT2D eigenvalue weighted by Crippen LogP contribution is -2.54. The molecule has 7 rings (SSSR count). The first-order valence-electron chi connectivity index (χ1n) is 17.7. The zero-order valence-corrected chi connectivity index (χ0v) is 30.9. The number of methoxy groups -OCH3 is 1. The molecule has 3 aromatic rings. The van der Waals surface area contributed by atoms with Crippen LogP contribution in [0.3, 0.4) is 0 Å². The Hall–Kier alpha value is -4.11. The van der Waals surface area contributed by atoms with E-state index in [4.69, 9.17) is 24.4 Å². The normalized spacial score (nSPS) is 27.7. The van der Waals surface area contributed by atoms with E-state index in [2.05, 4.69) is 23.9 Å². The van der Waals surface area contributed by atoms with E-state index in [9.17, 15) is 22.8 Å². The highest BCUT2D eigenvalue weighted by Gasteiger charge is 2.62. The predicted molar refractivity (Wildman–Crippen MR) is 192 cm³/mol. The number of nitrogens with zero attached hydrogens (tertiary/aromatic N) is 4. The van der Waals surface area contributed by atoms with Crippen molar-refractivity contribution in [2.45, 2.75) is 88.0 Å². The summed E-state index contributed by atoms with van der Waals surface area (Å²) in [6.07, 6.45) is 7.42. The SMILES string of the molecule is COc1ccc2c(OC3CC4C(=O)NC5(C(=O)NS(=O)(=O)C6CC6)CC5/C=C\CCCCN(C)C(=O)C4C3)nc(-c3nc(C(C)C)cs3)nc2c1. The van der Waals surface area contributed by atoms with Crippen molar-refractivity contribution in [3.8, 4) is 22.5 Å². The Morgan fingerprint density at radius 2 is 1.90 bits per heavy atom. The van der Waals surface area contributed by atoms with Crippen molar-refractivity contribution in [3.63, 3.8) is 0 Å². The van der Waals surface area contributed by atoms with Crippen molar-refractivity contribution in [1.82, 2.24) is 29.9 Å². The molecular weight excluding hydrogens is 693 g/mol. The molecule has 3 heterocycles. The van der Waals surface area contributed by atoms with Gasteiger partial charge in [0.15, 0.2) is 10.8 Å². The topological polar surface area (TPSA) is 170 Å². The van der Waals surface area contributed by atoms with Crippen molar-refractivity contribution in [1.29, 1.82) is 0 Å². The lowest BCUT2D eigenvalue weighted by molar-refractivity contribution is -0.140. The van der Waals surface area contributed by atoms with Crippen molar-refractivity contribution < 1.29 is 32.3 Å². The maximum absolute atomic E-state index is 14.2. The maximum atomic E-state index is 14.2. The molecule has 1 aromatic carbocycles. The number of aromatic nitrogens is 3. The molecule has 5 atom stereocenters. The zero-order valence-electron chi connectivity index (χ0n) is 29.3. The van der Waals surface area contributed by atoms with Crippen LogP contribution in [0.2, 0.25) is 0 Å². The molecule has 3 amide bonds. The van der Waals surface area contributed by atoms with Crippen LogP contribution in [0.25, 0.3) is 21.7 Å². The number of benzene rings is 1. The van der Waals surface area contributed by atoms with Crippen molar-refractivity contribution in [3.05, 3.63) is 41.4 Å². The Balaban J connectivity index is 1.19. The van der Waals surface area contributed by atoms with Crippen LogP contribution in [0.4, 0.5) is 0 Å². The number of hydrogen-bond acceptors (Lipinski definition) is 11. The van der Waals surface area contributed by atoms with E-state index in [1.807, 2.05) is 23.6 Å². The van der Waals surface area contributed by atoms with Gasteiger partial charge in [-0.25, -0.2) is 18.4 Å². The summed E-state index contributed by atoms with van der Waals surface area (Å²) in [4.78, 5) is 57.8. The summed E-state index contributed by atoms with van der Waals surface area (Å²) >= 11 is 1.45. The fourth-order valence-electron chi connectivity index (χ4n) is 7.10. The van der Waals surface area contributed by atoms with Gasteiger partial charge >= 0.3 is 0 Å². The average Bonchev–Trinajstić information content (AvgIpc) is 3.98. The van der Waals surface area contributed by atoms with Gasteiger partial charge in [0.1, 0.15) is 17.4 Å². The molecule has 3 aliphatic carbocycles. The monoisotopic (exact) mass is 736 g/mol. The Kier molecular flexibility index (Phi) is 9.54. The van der Waals surface area contributed by atoms with Gasteiger partial charge in [0.2, 0.25) is 27.7 Å². The summed E-state index contributed by atoms with van der Waals surface area (Å²) in [7, 11) is -0.500. The number of fused-ring (bicyclic) bond motifs is 3. The van der Waals surface area contributed by atoms with Crippen molar-refractivity contribution in [2.24, 2.45) is 17.8 Å². The van der Waals surface area contributed by atoms with Crippen LogP contribution in [-0.2, 0) is 24.4 Å². The van der Waals surface area contributed by atoms with Crippen LogP contribution in [0.5, 0.6) is 11.6 Å². The third-order valence-corrected chi connectivity index (χ3v) is 13.1. The second kappa shape index (κ2) is 13.8. The van der Waals surface area contributed by atoms with E-state index in [1.165, 1.54) is 11.3 Å². The molecule has 2 aromatic heterocycles. The number of carbonyl (C=O) groups is 3. The summed E-state index contributed by atoms with van der Waals surface area (Å²) in [5, 5.41) is 5.63. The molecule has 0 saturated heterocycles. The van der Waals surface area contributed by atoms with Crippen LogP contribution in [0.1, 0.15) is 76.8 Å². The minimum absolute atomic E-state index is 0.169. The van der Waals surface area contributed by atoms with Gasteiger partial charge in [-0.1, -0.05) is 26.0 Å². The Labute approximate surface area is 301 Å². The minimum Gasteiger partial charge on any atom is -0.497 e. The van der Waals surface area contributed by atoms with Crippen LogP contribution in [-0.4, -0.2) is 83.6 Å². The number of allylic oxidation sites excluding steroid dienone is 1. The highest BCUT2D eigenvalue weighted by Crippen LogP contribution is 2.47.